The molecule has 9 nitrogen and oxygen atoms in total. The van der Waals surface area contributed by atoms with E-state index in [9.17, 15) is 4.79 Å². The number of methoxy groups -OCH3 is 2. The number of hydrogen-bond donors (Lipinski definition) is 2. The van der Waals surface area contributed by atoms with Crippen molar-refractivity contribution in [3.63, 3.8) is 0 Å². The molecule has 1 unspecified atom stereocenters. The zero-order chi connectivity index (χ0) is 24.9. The van der Waals surface area contributed by atoms with Crippen LogP contribution in [0.4, 0.5) is 5.69 Å². The van der Waals surface area contributed by atoms with E-state index in [-0.39, 0.29) is 5.91 Å². The van der Waals surface area contributed by atoms with Crippen LogP contribution in [-0.2, 0) is 0 Å². The van der Waals surface area contributed by atoms with Crippen molar-refractivity contribution in [2.75, 3.05) is 39.2 Å². The Hall–Kier alpha value is -3.80. The van der Waals surface area contributed by atoms with Gasteiger partial charge in [0, 0.05) is 37.7 Å². The first-order valence-electron chi connectivity index (χ1n) is 12.0. The van der Waals surface area contributed by atoms with Gasteiger partial charge in [-0.3, -0.25) is 9.78 Å². The molecule has 0 bridgehead atoms. The van der Waals surface area contributed by atoms with Crippen molar-refractivity contribution in [1.82, 2.24) is 15.2 Å². The van der Waals surface area contributed by atoms with Crippen molar-refractivity contribution in [2.45, 2.75) is 38.5 Å². The smallest absolute Gasteiger partial charge is 0.261 e. The highest BCUT2D eigenvalue weighted by Crippen LogP contribution is 2.32. The number of likely N-dealkylation sites (tertiary alicyclic amines) is 1. The molecule has 0 radical (unpaired) electrons. The highest BCUT2D eigenvalue weighted by Gasteiger charge is 2.30. The van der Waals surface area contributed by atoms with Crippen molar-refractivity contribution in [2.24, 2.45) is 10.9 Å². The molecular weight excluding hydrogens is 444 g/mol. The minimum absolute atomic E-state index is 0.0249. The van der Waals surface area contributed by atoms with Gasteiger partial charge in [-0.2, -0.15) is 5.26 Å². The Morgan fingerprint density at radius 1 is 1.14 bits per heavy atom. The first kappa shape index (κ1) is 25.8. The number of rotatable bonds is 11. The molecule has 9 heteroatoms. The molecule has 1 aliphatic rings. The average Bonchev–Trinajstić information content (AvgIpc) is 3.36. The molecule has 3 rings (SSSR count). The number of benzene rings is 1. The van der Waals surface area contributed by atoms with E-state index in [0.29, 0.717) is 28.9 Å². The van der Waals surface area contributed by atoms with Crippen LogP contribution in [0.2, 0.25) is 0 Å². The van der Waals surface area contributed by atoms with Crippen LogP contribution >= 0.6 is 0 Å². The first-order chi connectivity index (χ1) is 17.2. The van der Waals surface area contributed by atoms with Gasteiger partial charge in [-0.05, 0) is 49.4 Å². The van der Waals surface area contributed by atoms with E-state index in [4.69, 9.17) is 14.7 Å². The van der Waals surface area contributed by atoms with E-state index < -0.39 is 0 Å². The number of carbonyl (C=O) groups is 1. The number of nitrogens with zero attached hydrogens (tertiary/aromatic N) is 4. The number of carbonyl (C=O) groups excluding carboxylic acids is 1. The van der Waals surface area contributed by atoms with E-state index >= 15 is 0 Å². The Kier molecular flexibility index (Phi) is 10.2. The molecule has 2 heterocycles. The molecule has 35 heavy (non-hydrogen) atoms. The number of hydrogen-bond acceptors (Lipinski definition) is 6. The quantitative estimate of drug-likeness (QED) is 0.217. The highest BCUT2D eigenvalue weighted by atomic mass is 16.5. The molecule has 1 aromatic carbocycles. The third kappa shape index (κ3) is 7.60. The maximum absolute atomic E-state index is 13.1. The van der Waals surface area contributed by atoms with Crippen molar-refractivity contribution >= 4 is 17.6 Å². The van der Waals surface area contributed by atoms with E-state index in [1.165, 1.54) is 0 Å². The predicted molar refractivity (Wildman–Crippen MR) is 136 cm³/mol. The van der Waals surface area contributed by atoms with Crippen LogP contribution < -0.4 is 20.1 Å². The first-order valence-corrected chi connectivity index (χ1v) is 12.0. The third-order valence-corrected chi connectivity index (χ3v) is 6.15. The molecule has 2 N–H and O–H groups in total. The summed E-state index contributed by atoms with van der Waals surface area (Å²) in [5.41, 5.74) is 1.33. The second-order valence-corrected chi connectivity index (χ2v) is 8.49. The molecule has 0 aliphatic carbocycles. The zero-order valence-electron chi connectivity index (χ0n) is 20.5. The van der Waals surface area contributed by atoms with Gasteiger partial charge in [-0.15, -0.1) is 4.99 Å². The summed E-state index contributed by atoms with van der Waals surface area (Å²) in [6.07, 6.45) is 11.7. The van der Waals surface area contributed by atoms with Gasteiger partial charge in [-0.25, -0.2) is 0 Å². The number of pyridine rings is 1. The van der Waals surface area contributed by atoms with Gasteiger partial charge in [0.1, 0.15) is 17.1 Å². The van der Waals surface area contributed by atoms with Gasteiger partial charge >= 0.3 is 0 Å². The standard InChI is InChI=1S/C26H34N6O3/c1-34-22-9-7-10-23(35-2)24(22)25(33)32-17-13-20(18-32)8-5-3-4-6-14-29-26(30-19-27)31-21-11-15-28-16-12-21/h7,9-12,15-16,20H,3-6,8,13-14,17-18H2,1-2H3,(H2,28,29,30,31). The molecule has 0 spiro atoms. The molecule has 1 amide bonds. The highest BCUT2D eigenvalue weighted by molar-refractivity contribution is 6.00. The topological polar surface area (TPSA) is 112 Å². The summed E-state index contributed by atoms with van der Waals surface area (Å²) in [5, 5.41) is 15.2. The molecule has 186 valence electrons. The average molecular weight is 479 g/mol. The van der Waals surface area contributed by atoms with Crippen molar-refractivity contribution < 1.29 is 14.3 Å². The second kappa shape index (κ2) is 13.8. The molecule has 2 aromatic rings. The molecule has 1 saturated heterocycles. The lowest BCUT2D eigenvalue weighted by Crippen LogP contribution is -2.31. The van der Waals surface area contributed by atoms with Crippen LogP contribution in [0.3, 0.4) is 0 Å². The Morgan fingerprint density at radius 2 is 1.86 bits per heavy atom. The third-order valence-electron chi connectivity index (χ3n) is 6.15. The van der Waals surface area contributed by atoms with Crippen LogP contribution in [0, 0.1) is 17.4 Å². The van der Waals surface area contributed by atoms with E-state index in [0.717, 1.165) is 63.8 Å². The van der Waals surface area contributed by atoms with Crippen molar-refractivity contribution in [3.05, 3.63) is 48.3 Å². The van der Waals surface area contributed by atoms with Crippen LogP contribution in [0.1, 0.15) is 48.9 Å². The van der Waals surface area contributed by atoms with Gasteiger partial charge in [0.2, 0.25) is 12.2 Å². The summed E-state index contributed by atoms with van der Waals surface area (Å²) in [5.74, 6) is 2.04. The minimum atomic E-state index is -0.0249. The summed E-state index contributed by atoms with van der Waals surface area (Å²) in [6.45, 7) is 2.28. The molecule has 1 fully saturated rings. The summed E-state index contributed by atoms with van der Waals surface area (Å²) in [4.78, 5) is 22.8. The van der Waals surface area contributed by atoms with E-state index in [1.807, 2.05) is 29.3 Å². The van der Waals surface area contributed by atoms with E-state index in [1.54, 1.807) is 38.7 Å². The van der Waals surface area contributed by atoms with Gasteiger partial charge in [0.25, 0.3) is 5.91 Å². The Morgan fingerprint density at radius 3 is 2.54 bits per heavy atom. The number of nitriles is 1. The van der Waals surface area contributed by atoms with Crippen molar-refractivity contribution in [3.8, 4) is 17.7 Å². The fourth-order valence-electron chi connectivity index (χ4n) is 4.32. The molecule has 1 atom stereocenters. The summed E-state index contributed by atoms with van der Waals surface area (Å²) >= 11 is 0. The Bertz CT molecular complexity index is 999. The summed E-state index contributed by atoms with van der Waals surface area (Å²) < 4.78 is 10.8. The predicted octanol–water partition coefficient (Wildman–Crippen LogP) is 4.05. The summed E-state index contributed by atoms with van der Waals surface area (Å²) in [7, 11) is 3.14. The fourth-order valence-corrected chi connectivity index (χ4v) is 4.32. The maximum Gasteiger partial charge on any atom is 0.261 e. The van der Waals surface area contributed by atoms with Crippen LogP contribution in [-0.4, -0.2) is 55.6 Å². The number of anilines is 1. The number of aliphatic imine (C=N–C) groups is 1. The monoisotopic (exact) mass is 478 g/mol. The molecular formula is C26H34N6O3. The molecule has 1 aromatic heterocycles. The Balaban J connectivity index is 1.34. The summed E-state index contributed by atoms with van der Waals surface area (Å²) in [6, 6.07) is 9.05. The lowest BCUT2D eigenvalue weighted by atomic mass is 10.00. The lowest BCUT2D eigenvalue weighted by molar-refractivity contribution is 0.0779. The maximum atomic E-state index is 13.1. The molecule has 1 aliphatic heterocycles. The Labute approximate surface area is 207 Å². The number of aromatic nitrogens is 1. The number of guanidine groups is 1. The van der Waals surface area contributed by atoms with Crippen LogP contribution in [0.5, 0.6) is 11.5 Å². The van der Waals surface area contributed by atoms with E-state index in [2.05, 4.69) is 20.6 Å². The number of ether oxygens (including phenoxy) is 2. The largest absolute Gasteiger partial charge is 0.496 e. The normalized spacial score (nSPS) is 15.4. The van der Waals surface area contributed by atoms with Gasteiger partial charge in [-0.1, -0.05) is 25.3 Å². The SMILES string of the molecule is COc1cccc(OC)c1C(=O)N1CCC(CCCCCCNC(=NC#N)Nc2ccncc2)C1. The van der Waals surface area contributed by atoms with Gasteiger partial charge in [0.15, 0.2) is 0 Å². The van der Waals surface area contributed by atoms with Crippen LogP contribution in [0.25, 0.3) is 0 Å². The second-order valence-electron chi connectivity index (χ2n) is 8.49. The van der Waals surface area contributed by atoms with Gasteiger partial charge in [0.05, 0.1) is 14.2 Å². The molecule has 0 saturated carbocycles. The van der Waals surface area contributed by atoms with Crippen LogP contribution in [0.15, 0.2) is 47.7 Å². The number of amides is 1. The number of nitrogens with one attached hydrogen (secondary N) is 2. The fraction of sp³-hybridized carbons (Fsp3) is 0.462. The van der Waals surface area contributed by atoms with Crippen molar-refractivity contribution in [1.29, 1.82) is 5.26 Å². The zero-order valence-corrected chi connectivity index (χ0v) is 20.5. The number of unbranched alkanes of at least 4 members (excludes halogenated alkanes) is 3. The lowest BCUT2D eigenvalue weighted by Gasteiger charge is -2.20. The minimum Gasteiger partial charge on any atom is -0.496 e. The van der Waals surface area contributed by atoms with Gasteiger partial charge < -0.3 is 25.0 Å².